The van der Waals surface area contributed by atoms with Crippen LogP contribution in [0.15, 0.2) is 22.6 Å². The first-order valence-corrected chi connectivity index (χ1v) is 9.92. The van der Waals surface area contributed by atoms with Crippen molar-refractivity contribution in [2.24, 2.45) is 23.7 Å². The first-order valence-electron chi connectivity index (χ1n) is 9.92. The molecule has 2 bridgehead atoms. The summed E-state index contributed by atoms with van der Waals surface area (Å²) in [6, 6.07) is 5.38. The molecule has 0 saturated heterocycles. The number of tetrazole rings is 1. The molecule has 2 aromatic heterocycles. The monoisotopic (exact) mass is 397 g/mol. The van der Waals surface area contributed by atoms with E-state index in [2.05, 4.69) is 32.9 Å². The molecule has 152 valence electrons. The minimum Gasteiger partial charge on any atom is -0.497 e. The Balaban J connectivity index is 1.46. The van der Waals surface area contributed by atoms with Gasteiger partial charge < -0.3 is 13.9 Å². The first kappa shape index (κ1) is 18.0. The smallest absolute Gasteiger partial charge is 0.297 e. The highest BCUT2D eigenvalue weighted by molar-refractivity contribution is 6.07. The Kier molecular flexibility index (Phi) is 4.37. The highest BCUT2D eigenvalue weighted by Crippen LogP contribution is 2.52. The molecule has 29 heavy (non-hydrogen) atoms. The second-order valence-corrected chi connectivity index (χ2v) is 7.98. The quantitative estimate of drug-likeness (QED) is 0.656. The van der Waals surface area contributed by atoms with Gasteiger partial charge in [0.2, 0.25) is 5.76 Å². The van der Waals surface area contributed by atoms with Crippen LogP contribution in [0.25, 0.3) is 11.0 Å². The molecule has 2 N–H and O–H groups in total. The van der Waals surface area contributed by atoms with Crippen LogP contribution in [-0.2, 0) is 0 Å². The third-order valence-corrected chi connectivity index (χ3v) is 6.58. The zero-order valence-electron chi connectivity index (χ0n) is 16.3. The number of methoxy groups -OCH3 is 1. The zero-order valence-corrected chi connectivity index (χ0v) is 16.3. The highest BCUT2D eigenvalue weighted by atomic mass is 16.5. The number of aromatic amines is 1. The van der Waals surface area contributed by atoms with E-state index in [-0.39, 0.29) is 11.7 Å². The second-order valence-electron chi connectivity index (χ2n) is 7.98. The number of carbonyl (C=O) groups is 1. The van der Waals surface area contributed by atoms with Crippen molar-refractivity contribution in [1.82, 2.24) is 20.6 Å². The number of amides is 1. The van der Waals surface area contributed by atoms with Gasteiger partial charge in [-0.2, -0.15) is 5.21 Å². The van der Waals surface area contributed by atoms with Crippen LogP contribution in [0, 0.1) is 23.7 Å². The molecule has 4 atom stereocenters. The number of hydrogen-bond acceptors (Lipinski definition) is 7. The van der Waals surface area contributed by atoms with Crippen LogP contribution in [0.1, 0.15) is 36.7 Å². The largest absolute Gasteiger partial charge is 0.497 e. The van der Waals surface area contributed by atoms with Gasteiger partial charge in [0.05, 0.1) is 19.1 Å². The summed E-state index contributed by atoms with van der Waals surface area (Å²) >= 11 is 0. The molecular formula is C20H23N5O4. The predicted molar refractivity (Wildman–Crippen MR) is 104 cm³/mol. The maximum absolute atomic E-state index is 12.8. The molecule has 2 aliphatic carbocycles. The van der Waals surface area contributed by atoms with E-state index in [9.17, 15) is 4.79 Å². The maximum Gasteiger partial charge on any atom is 0.297 e. The van der Waals surface area contributed by atoms with Gasteiger partial charge in [0.1, 0.15) is 11.3 Å². The molecule has 9 heteroatoms. The molecule has 5 rings (SSSR count). The number of H-pyrrole nitrogens is 1. The summed E-state index contributed by atoms with van der Waals surface area (Å²) in [7, 11) is 1.60. The Morgan fingerprint density at radius 3 is 2.93 bits per heavy atom. The van der Waals surface area contributed by atoms with Gasteiger partial charge in [0.15, 0.2) is 5.75 Å². The van der Waals surface area contributed by atoms with Crippen LogP contribution in [-0.4, -0.2) is 40.2 Å². The lowest BCUT2D eigenvalue weighted by Gasteiger charge is -2.28. The average molecular weight is 397 g/mol. The van der Waals surface area contributed by atoms with Crippen molar-refractivity contribution in [2.75, 3.05) is 19.0 Å². The summed E-state index contributed by atoms with van der Waals surface area (Å²) in [6.07, 6.45) is 3.89. The van der Waals surface area contributed by atoms with Crippen LogP contribution in [0.3, 0.4) is 0 Å². The zero-order chi connectivity index (χ0) is 20.0. The summed E-state index contributed by atoms with van der Waals surface area (Å²) < 4.78 is 17.4. The molecule has 0 aliphatic heterocycles. The molecule has 2 aliphatic rings. The standard InChI is InChI=1S/C20H23N5O4/c1-10-11-3-4-12(7-11)15(10)9-28-17-14-8-13(27-2)5-6-16(14)29-18(17)19(26)21-20-22-24-25-23-20/h5-6,8,10-12,15H,3-4,7,9H2,1-2H3,(H2,21,22,23,24,25,26). The average Bonchev–Trinajstić information content (AvgIpc) is 3.50. The lowest BCUT2D eigenvalue weighted by atomic mass is 9.81. The Morgan fingerprint density at radius 1 is 1.34 bits per heavy atom. The number of benzene rings is 1. The first-order chi connectivity index (χ1) is 14.1. The molecule has 2 saturated carbocycles. The third kappa shape index (κ3) is 3.10. The number of hydrogen-bond donors (Lipinski definition) is 2. The molecule has 0 spiro atoms. The van der Waals surface area contributed by atoms with Gasteiger partial charge in [-0.1, -0.05) is 12.0 Å². The van der Waals surface area contributed by atoms with E-state index in [1.165, 1.54) is 19.3 Å². The number of nitrogens with one attached hydrogen (secondary N) is 2. The SMILES string of the molecule is COc1ccc2oc(C(=O)Nc3nn[nH]n3)c(OCC3C4CCC(C4)C3C)c2c1. The summed E-state index contributed by atoms with van der Waals surface area (Å²) in [6.45, 7) is 2.88. The number of nitrogens with zero attached hydrogens (tertiary/aromatic N) is 3. The van der Waals surface area contributed by atoms with Crippen LogP contribution in [0.4, 0.5) is 5.95 Å². The van der Waals surface area contributed by atoms with Gasteiger partial charge in [-0.05, 0) is 66.3 Å². The van der Waals surface area contributed by atoms with E-state index < -0.39 is 5.91 Å². The van der Waals surface area contributed by atoms with Crippen molar-refractivity contribution < 1.29 is 18.7 Å². The van der Waals surface area contributed by atoms with Crippen molar-refractivity contribution in [2.45, 2.75) is 26.2 Å². The molecule has 1 amide bonds. The summed E-state index contributed by atoms with van der Waals surface area (Å²) in [5.74, 6) is 3.41. The van der Waals surface area contributed by atoms with Crippen molar-refractivity contribution in [3.63, 3.8) is 0 Å². The van der Waals surface area contributed by atoms with E-state index >= 15 is 0 Å². The molecule has 1 aromatic carbocycles. The number of fused-ring (bicyclic) bond motifs is 3. The van der Waals surface area contributed by atoms with Gasteiger partial charge >= 0.3 is 0 Å². The van der Waals surface area contributed by atoms with E-state index in [0.717, 1.165) is 5.92 Å². The number of furan rings is 1. The Bertz CT molecular complexity index is 1030. The lowest BCUT2D eigenvalue weighted by Crippen LogP contribution is -2.26. The number of carbonyl (C=O) groups excluding carboxylic acids is 1. The van der Waals surface area contributed by atoms with E-state index in [0.29, 0.717) is 46.8 Å². The molecule has 0 radical (unpaired) electrons. The van der Waals surface area contributed by atoms with Gasteiger partial charge in [0.25, 0.3) is 11.9 Å². The number of rotatable bonds is 6. The highest BCUT2D eigenvalue weighted by Gasteiger charge is 2.45. The van der Waals surface area contributed by atoms with Crippen LogP contribution < -0.4 is 14.8 Å². The minimum absolute atomic E-state index is 0.0701. The van der Waals surface area contributed by atoms with Gasteiger partial charge in [-0.3, -0.25) is 10.1 Å². The van der Waals surface area contributed by atoms with Crippen LogP contribution in [0.5, 0.6) is 11.5 Å². The fourth-order valence-electron chi connectivity index (χ4n) is 5.01. The predicted octanol–water partition coefficient (Wildman–Crippen LogP) is 3.27. The molecule has 2 heterocycles. The Labute approximate surface area is 167 Å². The van der Waals surface area contributed by atoms with Gasteiger partial charge in [-0.25, -0.2) is 0 Å². The van der Waals surface area contributed by atoms with Gasteiger partial charge in [0, 0.05) is 0 Å². The second kappa shape index (κ2) is 7.06. The van der Waals surface area contributed by atoms with E-state index in [1.807, 2.05) is 6.07 Å². The Morgan fingerprint density at radius 2 is 2.21 bits per heavy atom. The van der Waals surface area contributed by atoms with Crippen LogP contribution >= 0.6 is 0 Å². The van der Waals surface area contributed by atoms with Crippen molar-refractivity contribution >= 4 is 22.8 Å². The van der Waals surface area contributed by atoms with Crippen molar-refractivity contribution in [3.8, 4) is 11.5 Å². The summed E-state index contributed by atoms with van der Waals surface area (Å²) in [4.78, 5) is 12.8. The number of ether oxygens (including phenoxy) is 2. The van der Waals surface area contributed by atoms with Crippen molar-refractivity contribution in [3.05, 3.63) is 24.0 Å². The lowest BCUT2D eigenvalue weighted by molar-refractivity contribution is 0.0985. The minimum atomic E-state index is -0.488. The number of aromatic nitrogens is 4. The summed E-state index contributed by atoms with van der Waals surface area (Å²) in [5, 5.41) is 16.5. The molecule has 4 unspecified atom stereocenters. The molecule has 9 nitrogen and oxygen atoms in total. The molecule has 2 fully saturated rings. The third-order valence-electron chi connectivity index (χ3n) is 6.58. The molecular weight excluding hydrogens is 374 g/mol. The maximum atomic E-state index is 12.8. The van der Waals surface area contributed by atoms with E-state index in [1.54, 1.807) is 19.2 Å². The summed E-state index contributed by atoms with van der Waals surface area (Å²) in [5.41, 5.74) is 0.556. The fraction of sp³-hybridized carbons (Fsp3) is 0.500. The van der Waals surface area contributed by atoms with Crippen LogP contribution in [0.2, 0.25) is 0 Å². The topological polar surface area (TPSA) is 115 Å². The molecule has 3 aromatic rings. The van der Waals surface area contributed by atoms with Crippen molar-refractivity contribution in [1.29, 1.82) is 0 Å². The van der Waals surface area contributed by atoms with E-state index in [4.69, 9.17) is 13.9 Å². The number of anilines is 1. The normalized spacial score (nSPS) is 25.4. The van der Waals surface area contributed by atoms with Gasteiger partial charge in [-0.15, -0.1) is 5.10 Å². The Hall–Kier alpha value is -3.10. The fourth-order valence-corrected chi connectivity index (χ4v) is 5.01.